The first-order valence-corrected chi connectivity index (χ1v) is 9.08. The first-order chi connectivity index (χ1) is 12.6. The van der Waals surface area contributed by atoms with Crippen LogP contribution in [0.25, 0.3) is 21.5 Å². The summed E-state index contributed by atoms with van der Waals surface area (Å²) in [5.74, 6) is 0. The van der Waals surface area contributed by atoms with Crippen molar-refractivity contribution in [2.45, 2.75) is 31.6 Å². The Balaban J connectivity index is 2.31. The zero-order valence-corrected chi connectivity index (χ0v) is 14.8. The molecule has 3 rings (SSSR count). The molecule has 0 bridgehead atoms. The number of hydrogen-bond acceptors (Lipinski definition) is 2. The van der Waals surface area contributed by atoms with Crippen LogP contribution in [0, 0.1) is 0 Å². The van der Waals surface area contributed by atoms with E-state index < -0.39 is 23.5 Å². The topological polar surface area (TPSA) is 41.8 Å². The Morgan fingerprint density at radius 1 is 1.00 bits per heavy atom. The van der Waals surface area contributed by atoms with Crippen LogP contribution in [0.2, 0.25) is 0 Å². The van der Waals surface area contributed by atoms with Crippen LogP contribution >= 0.6 is 11.3 Å². The highest BCUT2D eigenvalue weighted by molar-refractivity contribution is 7.13. The van der Waals surface area contributed by atoms with Crippen molar-refractivity contribution in [3.8, 4) is 10.6 Å². The molecule has 2 heterocycles. The van der Waals surface area contributed by atoms with Crippen molar-refractivity contribution in [2.75, 3.05) is 6.54 Å². The van der Waals surface area contributed by atoms with E-state index >= 15 is 0 Å². The van der Waals surface area contributed by atoms with E-state index in [1.165, 1.54) is 11.3 Å². The van der Waals surface area contributed by atoms with Gasteiger partial charge in [-0.15, -0.1) is 11.3 Å². The predicted octanol–water partition coefficient (Wildman–Crippen LogP) is 6.22. The Hall–Kier alpha value is -2.00. The molecule has 9 heteroatoms. The number of unbranched alkanes of at least 4 members (excludes halogenated alkanes) is 1. The lowest BCUT2D eigenvalue weighted by Crippen LogP contribution is -2.11. The second kappa shape index (κ2) is 7.20. The van der Waals surface area contributed by atoms with Gasteiger partial charge in [-0.25, -0.2) is 0 Å². The molecule has 0 atom stereocenters. The van der Waals surface area contributed by atoms with Crippen LogP contribution in [0.4, 0.5) is 26.3 Å². The summed E-state index contributed by atoms with van der Waals surface area (Å²) in [6.07, 6.45) is -8.34. The van der Waals surface area contributed by atoms with Crippen molar-refractivity contribution in [1.82, 2.24) is 4.98 Å². The van der Waals surface area contributed by atoms with E-state index in [1.807, 2.05) is 0 Å². The van der Waals surface area contributed by atoms with Gasteiger partial charge in [-0.1, -0.05) is 6.07 Å². The Morgan fingerprint density at radius 3 is 2.30 bits per heavy atom. The molecule has 146 valence electrons. The Morgan fingerprint density at radius 2 is 1.74 bits per heavy atom. The lowest BCUT2D eigenvalue weighted by Gasteiger charge is -2.14. The van der Waals surface area contributed by atoms with Gasteiger partial charge >= 0.3 is 12.4 Å². The fourth-order valence-corrected chi connectivity index (χ4v) is 3.87. The average molecular weight is 406 g/mol. The number of aromatic nitrogens is 1. The van der Waals surface area contributed by atoms with Gasteiger partial charge in [-0.2, -0.15) is 26.3 Å². The van der Waals surface area contributed by atoms with Crippen molar-refractivity contribution in [3.05, 3.63) is 46.3 Å². The van der Waals surface area contributed by atoms with E-state index in [4.69, 9.17) is 5.73 Å². The second-order valence-corrected chi connectivity index (χ2v) is 7.09. The smallest absolute Gasteiger partial charge is 0.354 e. The minimum atomic E-state index is -4.91. The summed E-state index contributed by atoms with van der Waals surface area (Å²) in [4.78, 5) is 3.47. The maximum absolute atomic E-state index is 13.6. The maximum Gasteiger partial charge on any atom is 0.417 e. The van der Waals surface area contributed by atoms with Gasteiger partial charge in [0.05, 0.1) is 21.7 Å². The number of fused-ring (bicyclic) bond motifs is 1. The lowest BCUT2D eigenvalue weighted by molar-refractivity contribution is -0.142. The third-order valence-corrected chi connectivity index (χ3v) is 5.17. The molecule has 0 spiro atoms. The van der Waals surface area contributed by atoms with Gasteiger partial charge in [0.25, 0.3) is 0 Å². The van der Waals surface area contributed by atoms with Crippen LogP contribution in [0.1, 0.15) is 29.5 Å². The maximum atomic E-state index is 13.6. The average Bonchev–Trinajstić information content (AvgIpc) is 3.20. The van der Waals surface area contributed by atoms with Crippen molar-refractivity contribution < 1.29 is 26.3 Å². The highest BCUT2D eigenvalue weighted by Crippen LogP contribution is 2.44. The third kappa shape index (κ3) is 3.98. The fourth-order valence-electron chi connectivity index (χ4n) is 3.12. The quantitative estimate of drug-likeness (QED) is 0.384. The summed E-state index contributed by atoms with van der Waals surface area (Å²) < 4.78 is 80.2. The first-order valence-electron chi connectivity index (χ1n) is 8.20. The molecule has 2 aromatic heterocycles. The highest BCUT2D eigenvalue weighted by Gasteiger charge is 2.39. The van der Waals surface area contributed by atoms with Crippen LogP contribution in [-0.4, -0.2) is 11.5 Å². The lowest BCUT2D eigenvalue weighted by atomic mass is 9.97. The van der Waals surface area contributed by atoms with Crippen LogP contribution in [-0.2, 0) is 18.8 Å². The van der Waals surface area contributed by atoms with Crippen LogP contribution in [0.3, 0.4) is 0 Å². The summed E-state index contributed by atoms with van der Waals surface area (Å²) in [6.45, 7) is 0.390. The number of nitrogens with one attached hydrogen (secondary N) is 1. The molecule has 0 amide bonds. The van der Waals surface area contributed by atoms with Crippen molar-refractivity contribution >= 4 is 22.2 Å². The molecule has 0 saturated heterocycles. The number of thiophene rings is 1. The largest absolute Gasteiger partial charge is 0.417 e. The van der Waals surface area contributed by atoms with Gasteiger partial charge in [-0.05, 0) is 54.9 Å². The van der Waals surface area contributed by atoms with Crippen molar-refractivity contribution in [1.29, 1.82) is 0 Å². The molecule has 3 aromatic rings. The van der Waals surface area contributed by atoms with Crippen LogP contribution in [0.5, 0.6) is 0 Å². The number of halogens is 6. The number of hydrogen-bond donors (Lipinski definition) is 2. The highest BCUT2D eigenvalue weighted by atomic mass is 32.1. The van der Waals surface area contributed by atoms with Crippen LogP contribution < -0.4 is 5.73 Å². The van der Waals surface area contributed by atoms with Gasteiger partial charge in [0.2, 0.25) is 0 Å². The molecule has 0 radical (unpaired) electrons. The number of alkyl halides is 6. The van der Waals surface area contributed by atoms with Gasteiger partial charge < -0.3 is 10.7 Å². The number of nitrogens with two attached hydrogens (primary N) is 1. The Bertz CT molecular complexity index is 922. The molecule has 0 fully saturated rings. The fraction of sp³-hybridized carbons (Fsp3) is 0.333. The molecule has 27 heavy (non-hydrogen) atoms. The van der Waals surface area contributed by atoms with Crippen molar-refractivity contribution in [3.63, 3.8) is 0 Å². The standard InChI is InChI=1S/C18H16F6N2S/c19-17(20,21)10-8-12(18(22,23)24)15-11(4-1-2-6-25)16(26-13(15)9-10)14-5-3-7-27-14/h3,5,7-9,26H,1-2,4,6,25H2. The molecule has 0 aliphatic carbocycles. The van der Waals surface area contributed by atoms with E-state index in [0.717, 1.165) is 6.07 Å². The number of H-pyrrole nitrogens is 1. The molecule has 0 unspecified atom stereocenters. The van der Waals surface area contributed by atoms with E-state index in [2.05, 4.69) is 4.98 Å². The third-order valence-electron chi connectivity index (χ3n) is 4.28. The summed E-state index contributed by atoms with van der Waals surface area (Å²) in [5, 5.41) is 1.56. The molecular formula is C18H16F6N2S. The van der Waals surface area contributed by atoms with E-state index in [-0.39, 0.29) is 17.0 Å². The van der Waals surface area contributed by atoms with Crippen LogP contribution in [0.15, 0.2) is 29.6 Å². The summed E-state index contributed by atoms with van der Waals surface area (Å²) in [6, 6.07) is 4.40. The summed E-state index contributed by atoms with van der Waals surface area (Å²) >= 11 is 1.31. The minimum absolute atomic E-state index is 0.164. The summed E-state index contributed by atoms with van der Waals surface area (Å²) in [5.41, 5.74) is 3.52. The Labute approximate surface area is 155 Å². The number of aromatic amines is 1. The minimum Gasteiger partial charge on any atom is -0.354 e. The number of rotatable bonds is 5. The second-order valence-electron chi connectivity index (χ2n) is 6.14. The SMILES string of the molecule is NCCCCc1c(-c2cccs2)[nH]c2cc(C(F)(F)F)cc(C(F)(F)F)c12. The number of aryl methyl sites for hydroxylation is 1. The monoisotopic (exact) mass is 406 g/mol. The molecular weight excluding hydrogens is 390 g/mol. The molecule has 3 N–H and O–H groups in total. The molecule has 0 saturated carbocycles. The van der Waals surface area contributed by atoms with E-state index in [1.54, 1.807) is 17.5 Å². The van der Waals surface area contributed by atoms with Gasteiger partial charge in [0, 0.05) is 10.9 Å². The van der Waals surface area contributed by atoms with E-state index in [0.29, 0.717) is 41.9 Å². The zero-order chi connectivity index (χ0) is 19.8. The van der Waals surface area contributed by atoms with Gasteiger partial charge in [-0.3, -0.25) is 0 Å². The molecule has 0 aliphatic heterocycles. The molecule has 1 aromatic carbocycles. The van der Waals surface area contributed by atoms with E-state index in [9.17, 15) is 26.3 Å². The normalized spacial score (nSPS) is 12.9. The Kier molecular flexibility index (Phi) is 5.27. The van der Waals surface area contributed by atoms with Crippen molar-refractivity contribution in [2.24, 2.45) is 5.73 Å². The zero-order valence-electron chi connectivity index (χ0n) is 14.0. The summed E-state index contributed by atoms with van der Waals surface area (Å²) in [7, 11) is 0. The van der Waals surface area contributed by atoms with Gasteiger partial charge in [0.15, 0.2) is 0 Å². The predicted molar refractivity (Wildman–Crippen MR) is 93.6 cm³/mol. The van der Waals surface area contributed by atoms with Gasteiger partial charge in [0.1, 0.15) is 0 Å². The molecule has 0 aliphatic rings. The first kappa shape index (κ1) is 19.8. The number of benzene rings is 1. The molecule has 2 nitrogen and oxygen atoms in total.